The lowest BCUT2D eigenvalue weighted by molar-refractivity contribution is -0.145. The van der Waals surface area contributed by atoms with Crippen molar-refractivity contribution >= 4 is 12.1 Å². The number of hydrogen-bond donors (Lipinski definition) is 1. The van der Waals surface area contributed by atoms with Gasteiger partial charge in [0.1, 0.15) is 6.61 Å². The van der Waals surface area contributed by atoms with Crippen LogP contribution in [0.3, 0.4) is 0 Å². The second-order valence-corrected chi connectivity index (χ2v) is 3.90. The third-order valence-electron chi connectivity index (χ3n) is 2.35. The SMILES string of the molecule is CC.CCOC(=O)NCCCC(=O)OCc1ccccc1. The highest BCUT2D eigenvalue weighted by molar-refractivity contribution is 5.69. The minimum atomic E-state index is -0.458. The van der Waals surface area contributed by atoms with E-state index >= 15 is 0 Å². The van der Waals surface area contributed by atoms with Crippen molar-refractivity contribution in [3.63, 3.8) is 0 Å². The summed E-state index contributed by atoms with van der Waals surface area (Å²) in [5.41, 5.74) is 0.959. The Morgan fingerprint density at radius 3 is 2.38 bits per heavy atom. The molecule has 0 saturated carbocycles. The first-order chi connectivity index (χ1) is 10.2. The molecule has 0 aromatic heterocycles. The van der Waals surface area contributed by atoms with Crippen molar-refractivity contribution in [2.75, 3.05) is 13.2 Å². The van der Waals surface area contributed by atoms with Gasteiger partial charge >= 0.3 is 12.1 Å². The number of carbonyl (C=O) groups excluding carboxylic acids is 2. The summed E-state index contributed by atoms with van der Waals surface area (Å²) >= 11 is 0. The molecular weight excluding hydrogens is 270 g/mol. The van der Waals surface area contributed by atoms with Gasteiger partial charge in [-0.3, -0.25) is 4.79 Å². The van der Waals surface area contributed by atoms with Crippen molar-refractivity contribution in [1.29, 1.82) is 0 Å². The molecule has 1 rings (SSSR count). The van der Waals surface area contributed by atoms with Gasteiger partial charge in [0.15, 0.2) is 0 Å². The summed E-state index contributed by atoms with van der Waals surface area (Å²) in [5, 5.41) is 2.54. The summed E-state index contributed by atoms with van der Waals surface area (Å²) in [6, 6.07) is 9.50. The normalized spacial score (nSPS) is 9.10. The predicted octanol–water partition coefficient (Wildman–Crippen LogP) is 3.28. The molecule has 5 nitrogen and oxygen atoms in total. The highest BCUT2D eigenvalue weighted by atomic mass is 16.5. The van der Waals surface area contributed by atoms with Crippen molar-refractivity contribution in [1.82, 2.24) is 5.32 Å². The van der Waals surface area contributed by atoms with E-state index in [4.69, 9.17) is 4.74 Å². The highest BCUT2D eigenvalue weighted by Crippen LogP contribution is 2.02. The van der Waals surface area contributed by atoms with Crippen LogP contribution in [0.4, 0.5) is 4.79 Å². The number of hydrogen-bond acceptors (Lipinski definition) is 4. The van der Waals surface area contributed by atoms with Gasteiger partial charge in [0.05, 0.1) is 6.61 Å². The van der Waals surface area contributed by atoms with Crippen LogP contribution >= 0.6 is 0 Å². The van der Waals surface area contributed by atoms with Crippen LogP contribution in [-0.2, 0) is 20.9 Å². The molecule has 0 aliphatic rings. The number of esters is 1. The van der Waals surface area contributed by atoms with Gasteiger partial charge in [-0.25, -0.2) is 4.79 Å². The maximum absolute atomic E-state index is 11.4. The fourth-order valence-electron chi connectivity index (χ4n) is 1.42. The van der Waals surface area contributed by atoms with Gasteiger partial charge in [-0.1, -0.05) is 44.2 Å². The van der Waals surface area contributed by atoms with Gasteiger partial charge in [-0.15, -0.1) is 0 Å². The standard InChI is InChI=1S/C14H19NO4.C2H6/c1-2-18-14(17)15-10-6-9-13(16)19-11-12-7-4-3-5-8-12;1-2/h3-5,7-8H,2,6,9-11H2,1H3,(H,15,17);1-2H3. The van der Waals surface area contributed by atoms with Crippen molar-refractivity contribution < 1.29 is 19.1 Å². The van der Waals surface area contributed by atoms with E-state index in [0.717, 1.165) is 5.56 Å². The lowest BCUT2D eigenvalue weighted by atomic mass is 10.2. The lowest BCUT2D eigenvalue weighted by Crippen LogP contribution is -2.25. The van der Waals surface area contributed by atoms with Crippen LogP contribution < -0.4 is 5.32 Å². The summed E-state index contributed by atoms with van der Waals surface area (Å²) in [4.78, 5) is 22.4. The maximum Gasteiger partial charge on any atom is 0.407 e. The van der Waals surface area contributed by atoms with Crippen molar-refractivity contribution in [3.8, 4) is 0 Å². The molecule has 1 amide bonds. The van der Waals surface area contributed by atoms with Gasteiger partial charge in [0.25, 0.3) is 0 Å². The van der Waals surface area contributed by atoms with Gasteiger partial charge in [-0.05, 0) is 18.9 Å². The minimum Gasteiger partial charge on any atom is -0.461 e. The first kappa shape index (κ1) is 19.0. The van der Waals surface area contributed by atoms with Crippen LogP contribution in [-0.4, -0.2) is 25.2 Å². The fraction of sp³-hybridized carbons (Fsp3) is 0.500. The average Bonchev–Trinajstić information content (AvgIpc) is 2.53. The molecule has 118 valence electrons. The maximum atomic E-state index is 11.4. The Bertz CT molecular complexity index is 393. The van der Waals surface area contributed by atoms with Gasteiger partial charge in [0.2, 0.25) is 0 Å². The molecule has 1 aromatic rings. The Morgan fingerprint density at radius 1 is 1.10 bits per heavy atom. The number of amides is 1. The molecule has 0 unspecified atom stereocenters. The van der Waals surface area contributed by atoms with Crippen LogP contribution in [0.1, 0.15) is 39.2 Å². The van der Waals surface area contributed by atoms with Crippen LogP contribution in [0.25, 0.3) is 0 Å². The van der Waals surface area contributed by atoms with Crippen molar-refractivity contribution in [3.05, 3.63) is 35.9 Å². The number of nitrogens with one attached hydrogen (secondary N) is 1. The van der Waals surface area contributed by atoms with E-state index in [-0.39, 0.29) is 19.0 Å². The molecule has 0 atom stereocenters. The Hall–Kier alpha value is -2.04. The van der Waals surface area contributed by atoms with E-state index in [1.54, 1.807) is 6.92 Å². The van der Waals surface area contributed by atoms with Crippen molar-refractivity contribution in [2.24, 2.45) is 0 Å². The molecule has 0 fully saturated rings. The minimum absolute atomic E-state index is 0.269. The number of alkyl carbamates (subject to hydrolysis) is 1. The Kier molecular flexibility index (Phi) is 11.7. The zero-order valence-corrected chi connectivity index (χ0v) is 13.1. The second kappa shape index (κ2) is 13.0. The molecule has 5 heteroatoms. The molecule has 0 aliphatic carbocycles. The van der Waals surface area contributed by atoms with Gasteiger partial charge in [-0.2, -0.15) is 0 Å². The Morgan fingerprint density at radius 2 is 1.76 bits per heavy atom. The van der Waals surface area contributed by atoms with Crippen LogP contribution in [0, 0.1) is 0 Å². The number of benzene rings is 1. The average molecular weight is 295 g/mol. The monoisotopic (exact) mass is 295 g/mol. The summed E-state index contributed by atoms with van der Waals surface area (Å²) in [6.07, 6.45) is 0.353. The zero-order chi connectivity index (χ0) is 15.9. The molecule has 0 radical (unpaired) electrons. The third-order valence-corrected chi connectivity index (χ3v) is 2.35. The highest BCUT2D eigenvalue weighted by Gasteiger charge is 2.04. The van der Waals surface area contributed by atoms with Gasteiger partial charge in [0, 0.05) is 13.0 Å². The molecule has 0 bridgehead atoms. The Balaban J connectivity index is 0.00000191. The fourth-order valence-corrected chi connectivity index (χ4v) is 1.42. The second-order valence-electron chi connectivity index (χ2n) is 3.90. The molecule has 1 N–H and O–H groups in total. The van der Waals surface area contributed by atoms with E-state index in [1.165, 1.54) is 0 Å². The lowest BCUT2D eigenvalue weighted by Gasteiger charge is -2.06. The van der Waals surface area contributed by atoms with E-state index in [9.17, 15) is 9.59 Å². The summed E-state index contributed by atoms with van der Waals surface area (Å²) in [5.74, 6) is -0.269. The van der Waals surface area contributed by atoms with E-state index in [0.29, 0.717) is 19.6 Å². The van der Waals surface area contributed by atoms with E-state index < -0.39 is 6.09 Å². The zero-order valence-electron chi connectivity index (χ0n) is 13.1. The quantitative estimate of drug-likeness (QED) is 0.619. The third kappa shape index (κ3) is 10.4. The van der Waals surface area contributed by atoms with Crippen molar-refractivity contribution in [2.45, 2.75) is 40.2 Å². The largest absolute Gasteiger partial charge is 0.461 e. The smallest absolute Gasteiger partial charge is 0.407 e. The molecule has 0 spiro atoms. The Labute approximate surface area is 126 Å². The van der Waals surface area contributed by atoms with Gasteiger partial charge < -0.3 is 14.8 Å². The molecule has 0 heterocycles. The number of rotatable bonds is 7. The molecule has 1 aromatic carbocycles. The van der Waals surface area contributed by atoms with Crippen LogP contribution in [0.2, 0.25) is 0 Å². The summed E-state index contributed by atoms with van der Waals surface area (Å²) < 4.78 is 9.79. The molecular formula is C16H25NO4. The van der Waals surface area contributed by atoms with Crippen LogP contribution in [0.15, 0.2) is 30.3 Å². The topological polar surface area (TPSA) is 64.6 Å². The number of carbonyl (C=O) groups is 2. The summed E-state index contributed by atoms with van der Waals surface area (Å²) in [7, 11) is 0. The summed E-state index contributed by atoms with van der Waals surface area (Å²) in [6.45, 7) is 6.76. The number of ether oxygens (including phenoxy) is 2. The first-order valence-corrected chi connectivity index (χ1v) is 7.32. The molecule has 21 heavy (non-hydrogen) atoms. The first-order valence-electron chi connectivity index (χ1n) is 7.32. The van der Waals surface area contributed by atoms with E-state index in [1.807, 2.05) is 44.2 Å². The van der Waals surface area contributed by atoms with Crippen LogP contribution in [0.5, 0.6) is 0 Å². The molecule has 0 aliphatic heterocycles. The molecule has 0 saturated heterocycles. The van der Waals surface area contributed by atoms with E-state index in [2.05, 4.69) is 10.1 Å². The predicted molar refractivity (Wildman–Crippen MR) is 81.8 cm³/mol.